The van der Waals surface area contributed by atoms with E-state index in [1.54, 1.807) is 12.1 Å². The summed E-state index contributed by atoms with van der Waals surface area (Å²) in [6.45, 7) is 0. The summed E-state index contributed by atoms with van der Waals surface area (Å²) < 4.78 is 6.00. The number of amides is 1. The first kappa shape index (κ1) is 22.2. The first-order valence-corrected chi connectivity index (χ1v) is 11.8. The topological polar surface area (TPSA) is 101 Å². The molecule has 1 amide bonds. The van der Waals surface area contributed by atoms with E-state index in [0.717, 1.165) is 44.2 Å². The van der Waals surface area contributed by atoms with E-state index in [9.17, 15) is 14.7 Å². The van der Waals surface area contributed by atoms with Gasteiger partial charge in [-0.1, -0.05) is 36.4 Å². The third kappa shape index (κ3) is 4.56. The number of carbonyl (C=O) groups is 2. The molecule has 34 heavy (non-hydrogen) atoms. The van der Waals surface area contributed by atoms with Gasteiger partial charge in [-0.2, -0.15) is 0 Å². The van der Waals surface area contributed by atoms with Crippen LogP contribution in [0.15, 0.2) is 55.0 Å². The SMILES string of the molecule is O=C(Nc1c2c(cc3c1CCC3)CCC2)C(O[C@H](Cc1cnccn1)C(=O)O)c1ccccc1. The molecule has 0 spiro atoms. The number of fused-ring (bicyclic) bond motifs is 2. The van der Waals surface area contributed by atoms with Gasteiger partial charge in [-0.15, -0.1) is 0 Å². The second-order valence-corrected chi connectivity index (χ2v) is 8.88. The van der Waals surface area contributed by atoms with Crippen LogP contribution in [0.3, 0.4) is 0 Å². The molecular formula is C27H27N3O4. The third-order valence-corrected chi connectivity index (χ3v) is 6.65. The number of aryl methyl sites for hydroxylation is 2. The maximum absolute atomic E-state index is 13.7. The molecule has 7 nitrogen and oxygen atoms in total. The van der Waals surface area contributed by atoms with Gasteiger partial charge in [0.15, 0.2) is 12.2 Å². The van der Waals surface area contributed by atoms with Crippen LogP contribution in [0.4, 0.5) is 5.69 Å². The molecule has 2 aliphatic carbocycles. The van der Waals surface area contributed by atoms with Gasteiger partial charge in [-0.05, 0) is 66.3 Å². The van der Waals surface area contributed by atoms with Crippen molar-refractivity contribution in [3.8, 4) is 0 Å². The molecular weight excluding hydrogens is 430 g/mol. The maximum Gasteiger partial charge on any atom is 0.333 e. The van der Waals surface area contributed by atoms with E-state index < -0.39 is 18.2 Å². The molecule has 0 fully saturated rings. The summed E-state index contributed by atoms with van der Waals surface area (Å²) in [6.07, 6.45) is 8.34. The van der Waals surface area contributed by atoms with Gasteiger partial charge in [0.25, 0.3) is 5.91 Å². The van der Waals surface area contributed by atoms with Crippen LogP contribution in [-0.2, 0) is 46.4 Å². The van der Waals surface area contributed by atoms with Crippen molar-refractivity contribution in [2.75, 3.05) is 5.32 Å². The summed E-state index contributed by atoms with van der Waals surface area (Å²) in [5, 5.41) is 13.0. The molecule has 7 heteroatoms. The first-order chi connectivity index (χ1) is 16.6. The lowest BCUT2D eigenvalue weighted by Crippen LogP contribution is -2.34. The molecule has 0 saturated carbocycles. The molecule has 2 aromatic carbocycles. The van der Waals surface area contributed by atoms with Crippen LogP contribution in [0.5, 0.6) is 0 Å². The fraction of sp³-hybridized carbons (Fsp3) is 0.333. The van der Waals surface area contributed by atoms with Crippen LogP contribution in [-0.4, -0.2) is 33.1 Å². The zero-order chi connectivity index (χ0) is 23.5. The Morgan fingerprint density at radius 3 is 2.32 bits per heavy atom. The number of carboxylic acids is 1. The highest BCUT2D eigenvalue weighted by Gasteiger charge is 2.32. The molecule has 2 aliphatic rings. The fourth-order valence-electron chi connectivity index (χ4n) is 5.06. The number of rotatable bonds is 8. The number of ether oxygens (including phenoxy) is 1. The van der Waals surface area contributed by atoms with Gasteiger partial charge in [0.05, 0.1) is 5.69 Å². The van der Waals surface area contributed by atoms with Gasteiger partial charge in [-0.3, -0.25) is 14.8 Å². The highest BCUT2D eigenvalue weighted by Crippen LogP contribution is 2.39. The average Bonchev–Trinajstić information content (AvgIpc) is 3.52. The monoisotopic (exact) mass is 457 g/mol. The Hall–Kier alpha value is -3.58. The molecule has 1 heterocycles. The lowest BCUT2D eigenvalue weighted by molar-refractivity contribution is -0.157. The molecule has 1 unspecified atom stereocenters. The van der Waals surface area contributed by atoms with Gasteiger partial charge in [0, 0.05) is 30.7 Å². The zero-order valence-corrected chi connectivity index (χ0v) is 18.9. The molecule has 2 atom stereocenters. The lowest BCUT2D eigenvalue weighted by Gasteiger charge is -2.24. The predicted octanol–water partition coefficient (Wildman–Crippen LogP) is 3.85. The van der Waals surface area contributed by atoms with Crippen molar-refractivity contribution < 1.29 is 19.4 Å². The van der Waals surface area contributed by atoms with Gasteiger partial charge < -0.3 is 15.2 Å². The van der Waals surface area contributed by atoms with E-state index >= 15 is 0 Å². The van der Waals surface area contributed by atoms with Gasteiger partial charge in [0.1, 0.15) is 0 Å². The van der Waals surface area contributed by atoms with Crippen LogP contribution in [0, 0.1) is 0 Å². The first-order valence-electron chi connectivity index (χ1n) is 11.8. The normalized spacial score (nSPS) is 15.9. The van der Waals surface area contributed by atoms with E-state index in [4.69, 9.17) is 4.74 Å². The Morgan fingerprint density at radius 2 is 1.71 bits per heavy atom. The number of aliphatic carboxylic acids is 1. The second kappa shape index (κ2) is 9.73. The molecule has 0 bridgehead atoms. The minimum absolute atomic E-state index is 0.00984. The largest absolute Gasteiger partial charge is 0.479 e. The number of carbonyl (C=O) groups excluding carboxylic acids is 1. The number of benzene rings is 2. The van der Waals surface area contributed by atoms with E-state index in [1.807, 2.05) is 18.2 Å². The summed E-state index contributed by atoms with van der Waals surface area (Å²) in [6, 6.07) is 11.4. The van der Waals surface area contributed by atoms with E-state index in [-0.39, 0.29) is 12.3 Å². The summed E-state index contributed by atoms with van der Waals surface area (Å²) in [5.41, 5.74) is 7.08. The quantitative estimate of drug-likeness (QED) is 0.533. The smallest absolute Gasteiger partial charge is 0.333 e. The van der Waals surface area contributed by atoms with Crippen LogP contribution in [0.2, 0.25) is 0 Å². The predicted molar refractivity (Wildman–Crippen MR) is 127 cm³/mol. The zero-order valence-electron chi connectivity index (χ0n) is 18.9. The highest BCUT2D eigenvalue weighted by molar-refractivity contribution is 5.97. The number of aromatic nitrogens is 2. The number of nitrogens with one attached hydrogen (secondary N) is 1. The van der Waals surface area contributed by atoms with Crippen molar-refractivity contribution in [3.05, 3.63) is 88.5 Å². The van der Waals surface area contributed by atoms with E-state index in [1.165, 1.54) is 40.8 Å². The molecule has 0 radical (unpaired) electrons. The Kier molecular flexibility index (Phi) is 6.36. The van der Waals surface area contributed by atoms with Gasteiger partial charge >= 0.3 is 5.97 Å². The lowest BCUT2D eigenvalue weighted by atomic mass is 9.98. The highest BCUT2D eigenvalue weighted by atomic mass is 16.5. The Bertz CT molecular complexity index is 1170. The molecule has 0 saturated heterocycles. The molecule has 0 aliphatic heterocycles. The van der Waals surface area contributed by atoms with Crippen LogP contribution < -0.4 is 5.32 Å². The summed E-state index contributed by atoms with van der Waals surface area (Å²) in [5.74, 6) is -1.51. The van der Waals surface area contributed by atoms with Crippen molar-refractivity contribution in [1.82, 2.24) is 9.97 Å². The summed E-state index contributed by atoms with van der Waals surface area (Å²) >= 11 is 0. The maximum atomic E-state index is 13.7. The number of nitrogens with zero attached hydrogens (tertiary/aromatic N) is 2. The van der Waals surface area contributed by atoms with Crippen molar-refractivity contribution in [2.24, 2.45) is 0 Å². The van der Waals surface area contributed by atoms with Gasteiger partial charge in [0.2, 0.25) is 0 Å². The van der Waals surface area contributed by atoms with Crippen LogP contribution in [0.1, 0.15) is 52.5 Å². The minimum Gasteiger partial charge on any atom is -0.479 e. The van der Waals surface area contributed by atoms with Gasteiger partial charge in [-0.25, -0.2) is 4.79 Å². The van der Waals surface area contributed by atoms with Crippen molar-refractivity contribution in [1.29, 1.82) is 0 Å². The Labute approximate surface area is 198 Å². The van der Waals surface area contributed by atoms with Crippen molar-refractivity contribution in [2.45, 2.75) is 57.2 Å². The summed E-state index contributed by atoms with van der Waals surface area (Å²) in [4.78, 5) is 33.9. The second-order valence-electron chi connectivity index (χ2n) is 8.88. The van der Waals surface area contributed by atoms with Crippen molar-refractivity contribution in [3.63, 3.8) is 0 Å². The fourth-order valence-corrected chi connectivity index (χ4v) is 5.06. The molecule has 174 valence electrons. The number of anilines is 1. The van der Waals surface area contributed by atoms with Crippen LogP contribution >= 0.6 is 0 Å². The van der Waals surface area contributed by atoms with Crippen molar-refractivity contribution >= 4 is 17.6 Å². The standard InChI is InChI=1S/C27H27N3O4/c31-26(30-24-21-10-4-8-18(21)14-19-9-5-11-22(19)24)25(17-6-2-1-3-7-17)34-23(27(32)33)15-20-16-28-12-13-29-20/h1-3,6-7,12-14,16,23,25H,4-5,8-11,15H2,(H,30,31)(H,32,33)/t23-,25?/m1/s1. The average molecular weight is 458 g/mol. The van der Waals surface area contributed by atoms with E-state index in [0.29, 0.717) is 11.3 Å². The molecule has 5 rings (SSSR count). The van der Waals surface area contributed by atoms with Crippen LogP contribution in [0.25, 0.3) is 0 Å². The molecule has 2 N–H and O–H groups in total. The molecule has 3 aromatic rings. The Balaban J connectivity index is 1.45. The Morgan fingerprint density at radius 1 is 1.00 bits per heavy atom. The minimum atomic E-state index is -1.25. The number of hydrogen-bond donors (Lipinski definition) is 2. The number of carboxylic acid groups (broad SMARTS) is 1. The molecule has 1 aromatic heterocycles. The third-order valence-electron chi connectivity index (χ3n) is 6.65. The summed E-state index contributed by atoms with van der Waals surface area (Å²) in [7, 11) is 0. The number of hydrogen-bond acceptors (Lipinski definition) is 5. The van der Waals surface area contributed by atoms with E-state index in [2.05, 4.69) is 21.4 Å².